The quantitative estimate of drug-likeness (QED) is 0.713. The second-order valence-electron chi connectivity index (χ2n) is 6.14. The highest BCUT2D eigenvalue weighted by atomic mass is 16.3. The van der Waals surface area contributed by atoms with Crippen LogP contribution in [-0.2, 0) is 13.0 Å². The number of phenols is 1. The molecule has 5 nitrogen and oxygen atoms in total. The monoisotopic (exact) mass is 349 g/mol. The van der Waals surface area contributed by atoms with Crippen LogP contribution in [0.1, 0.15) is 18.2 Å². The van der Waals surface area contributed by atoms with Gasteiger partial charge in [0.25, 0.3) is 5.56 Å². The van der Waals surface area contributed by atoms with Gasteiger partial charge in [-0.15, -0.1) is 0 Å². The van der Waals surface area contributed by atoms with Gasteiger partial charge in [-0.05, 0) is 38.0 Å². The first-order chi connectivity index (χ1) is 12.6. The minimum absolute atomic E-state index is 0.114. The molecule has 0 atom stereocenters. The number of hydrogen-bond donors (Lipinski definition) is 2. The highest BCUT2D eigenvalue weighted by Gasteiger charge is 2.17. The van der Waals surface area contributed by atoms with Gasteiger partial charge in [-0.2, -0.15) is 0 Å². The van der Waals surface area contributed by atoms with E-state index in [-0.39, 0.29) is 11.3 Å². The summed E-state index contributed by atoms with van der Waals surface area (Å²) in [5, 5.41) is 13.4. The Labute approximate surface area is 153 Å². The first-order valence-corrected chi connectivity index (χ1v) is 8.79. The van der Waals surface area contributed by atoms with Gasteiger partial charge < -0.3 is 10.4 Å². The Balaban J connectivity index is 2.10. The second-order valence-corrected chi connectivity index (χ2v) is 6.14. The van der Waals surface area contributed by atoms with Gasteiger partial charge in [-0.25, -0.2) is 4.98 Å². The molecule has 0 spiro atoms. The van der Waals surface area contributed by atoms with Crippen molar-refractivity contribution in [2.75, 3.05) is 11.9 Å². The van der Waals surface area contributed by atoms with E-state index in [4.69, 9.17) is 0 Å². The summed E-state index contributed by atoms with van der Waals surface area (Å²) in [7, 11) is 0. The van der Waals surface area contributed by atoms with Crippen LogP contribution < -0.4 is 10.9 Å². The lowest BCUT2D eigenvalue weighted by Gasteiger charge is -2.17. The highest BCUT2D eigenvalue weighted by molar-refractivity contribution is 5.65. The molecule has 2 N–H and O–H groups in total. The van der Waals surface area contributed by atoms with Crippen molar-refractivity contribution in [2.24, 2.45) is 0 Å². The largest absolute Gasteiger partial charge is 0.507 e. The SMILES string of the molecule is CCNc1c(C)nc(-c2ccccc2O)n(CCc2ccccc2)c1=O. The fraction of sp³-hybridized carbons (Fsp3) is 0.238. The molecular formula is C21H23N3O2. The van der Waals surface area contributed by atoms with E-state index in [1.54, 1.807) is 22.8 Å². The van der Waals surface area contributed by atoms with Crippen LogP contribution >= 0.6 is 0 Å². The predicted molar refractivity (Wildman–Crippen MR) is 105 cm³/mol. The second kappa shape index (κ2) is 7.87. The molecule has 0 unspecified atom stereocenters. The molecule has 0 fully saturated rings. The summed E-state index contributed by atoms with van der Waals surface area (Å²) in [5.74, 6) is 0.603. The van der Waals surface area contributed by atoms with Crippen molar-refractivity contribution in [3.05, 3.63) is 76.2 Å². The Morgan fingerprint density at radius 3 is 2.46 bits per heavy atom. The first-order valence-electron chi connectivity index (χ1n) is 8.79. The number of phenolic OH excluding ortho intramolecular Hbond substituents is 1. The minimum Gasteiger partial charge on any atom is -0.507 e. The molecule has 0 aliphatic heterocycles. The van der Waals surface area contributed by atoms with E-state index >= 15 is 0 Å². The van der Waals surface area contributed by atoms with Crippen molar-refractivity contribution in [3.63, 3.8) is 0 Å². The van der Waals surface area contributed by atoms with Crippen LogP contribution in [-0.4, -0.2) is 21.2 Å². The fourth-order valence-electron chi connectivity index (χ4n) is 3.00. The van der Waals surface area contributed by atoms with Crippen LogP contribution in [0, 0.1) is 6.92 Å². The summed E-state index contributed by atoms with van der Waals surface area (Å²) in [4.78, 5) is 17.7. The Morgan fingerprint density at radius 1 is 1.08 bits per heavy atom. The lowest BCUT2D eigenvalue weighted by molar-refractivity contribution is 0.476. The molecule has 3 rings (SSSR count). The number of aryl methyl sites for hydroxylation is 2. The molecule has 2 aromatic carbocycles. The van der Waals surface area contributed by atoms with Crippen LogP contribution in [0.3, 0.4) is 0 Å². The fourth-order valence-corrected chi connectivity index (χ4v) is 3.00. The van der Waals surface area contributed by atoms with Gasteiger partial charge in [0.2, 0.25) is 0 Å². The first kappa shape index (κ1) is 17.7. The molecule has 0 radical (unpaired) electrons. The van der Waals surface area contributed by atoms with Gasteiger partial charge in [0.1, 0.15) is 17.3 Å². The number of aromatic nitrogens is 2. The van der Waals surface area contributed by atoms with E-state index in [0.29, 0.717) is 42.3 Å². The van der Waals surface area contributed by atoms with Crippen LogP contribution in [0.4, 0.5) is 5.69 Å². The normalized spacial score (nSPS) is 10.7. The van der Waals surface area contributed by atoms with Gasteiger partial charge in [0, 0.05) is 13.1 Å². The number of anilines is 1. The van der Waals surface area contributed by atoms with E-state index in [2.05, 4.69) is 10.3 Å². The Kier molecular flexibility index (Phi) is 5.37. The third kappa shape index (κ3) is 3.61. The summed E-state index contributed by atoms with van der Waals surface area (Å²) in [6, 6.07) is 17.0. The van der Waals surface area contributed by atoms with Crippen LogP contribution in [0.25, 0.3) is 11.4 Å². The summed E-state index contributed by atoms with van der Waals surface area (Å²) >= 11 is 0. The molecule has 0 amide bonds. The van der Waals surface area contributed by atoms with Crippen molar-refractivity contribution in [3.8, 4) is 17.1 Å². The Bertz CT molecular complexity index is 949. The lowest BCUT2D eigenvalue weighted by atomic mass is 10.1. The molecule has 26 heavy (non-hydrogen) atoms. The standard InChI is InChI=1S/C21H23N3O2/c1-3-22-19-15(2)23-20(17-11-7-8-12-18(17)25)24(21(19)26)14-13-16-9-5-4-6-10-16/h4-12,22,25H,3,13-14H2,1-2H3. The van der Waals surface area contributed by atoms with Gasteiger partial charge in [-0.3, -0.25) is 9.36 Å². The average Bonchev–Trinajstić information content (AvgIpc) is 2.65. The van der Waals surface area contributed by atoms with Crippen LogP contribution in [0.15, 0.2) is 59.4 Å². The Hall–Kier alpha value is -3.08. The summed E-state index contributed by atoms with van der Waals surface area (Å²) in [6.07, 6.45) is 0.706. The number of hydrogen-bond acceptors (Lipinski definition) is 4. The van der Waals surface area contributed by atoms with Crippen molar-refractivity contribution >= 4 is 5.69 Å². The highest BCUT2D eigenvalue weighted by Crippen LogP contribution is 2.27. The minimum atomic E-state index is -0.117. The van der Waals surface area contributed by atoms with E-state index in [1.807, 2.05) is 50.2 Å². The third-order valence-electron chi connectivity index (χ3n) is 4.32. The third-order valence-corrected chi connectivity index (χ3v) is 4.32. The van der Waals surface area contributed by atoms with Crippen LogP contribution in [0.2, 0.25) is 0 Å². The van der Waals surface area contributed by atoms with Crippen molar-refractivity contribution in [1.29, 1.82) is 0 Å². The number of nitrogens with zero attached hydrogens (tertiary/aromatic N) is 2. The van der Waals surface area contributed by atoms with Gasteiger partial charge in [0.15, 0.2) is 0 Å². The number of rotatable bonds is 6. The number of para-hydroxylation sites is 1. The summed E-state index contributed by atoms with van der Waals surface area (Å²) in [5.41, 5.74) is 2.73. The number of aromatic hydroxyl groups is 1. The molecule has 1 heterocycles. The summed E-state index contributed by atoms with van der Waals surface area (Å²) in [6.45, 7) is 4.89. The van der Waals surface area contributed by atoms with Crippen LogP contribution in [0.5, 0.6) is 5.75 Å². The van der Waals surface area contributed by atoms with Gasteiger partial charge in [-0.1, -0.05) is 42.5 Å². The maximum atomic E-state index is 13.1. The topological polar surface area (TPSA) is 67.2 Å². The zero-order valence-corrected chi connectivity index (χ0v) is 15.1. The van der Waals surface area contributed by atoms with E-state index in [9.17, 15) is 9.90 Å². The molecule has 0 saturated heterocycles. The molecule has 3 aromatic rings. The van der Waals surface area contributed by atoms with Gasteiger partial charge >= 0.3 is 0 Å². The average molecular weight is 349 g/mol. The van der Waals surface area contributed by atoms with Gasteiger partial charge in [0.05, 0.1) is 11.3 Å². The molecular weight excluding hydrogens is 326 g/mol. The summed E-state index contributed by atoms with van der Waals surface area (Å²) < 4.78 is 1.65. The Morgan fingerprint density at radius 2 is 1.77 bits per heavy atom. The zero-order valence-electron chi connectivity index (χ0n) is 15.1. The van der Waals surface area contributed by atoms with E-state index in [1.165, 1.54) is 0 Å². The number of nitrogens with one attached hydrogen (secondary N) is 1. The predicted octanol–water partition coefficient (Wildman–Crippen LogP) is 3.60. The molecule has 0 bridgehead atoms. The van der Waals surface area contributed by atoms with Crippen molar-refractivity contribution in [1.82, 2.24) is 9.55 Å². The van der Waals surface area contributed by atoms with E-state index in [0.717, 1.165) is 5.56 Å². The lowest BCUT2D eigenvalue weighted by Crippen LogP contribution is -2.28. The number of benzene rings is 2. The molecule has 5 heteroatoms. The van der Waals surface area contributed by atoms with Crippen molar-refractivity contribution < 1.29 is 5.11 Å². The maximum Gasteiger partial charge on any atom is 0.277 e. The zero-order chi connectivity index (χ0) is 18.5. The molecule has 0 aliphatic carbocycles. The van der Waals surface area contributed by atoms with Crippen molar-refractivity contribution in [2.45, 2.75) is 26.8 Å². The molecule has 0 aliphatic rings. The molecule has 1 aromatic heterocycles. The molecule has 134 valence electrons. The van der Waals surface area contributed by atoms with E-state index < -0.39 is 0 Å². The smallest absolute Gasteiger partial charge is 0.277 e. The maximum absolute atomic E-state index is 13.1. The molecule has 0 saturated carbocycles.